The van der Waals surface area contributed by atoms with Crippen molar-refractivity contribution in [1.82, 2.24) is 0 Å². The predicted octanol–water partition coefficient (Wildman–Crippen LogP) is 4.30. The summed E-state index contributed by atoms with van der Waals surface area (Å²) in [6, 6.07) is 0. The lowest BCUT2D eigenvalue weighted by Gasteiger charge is -2.04. The Hall–Kier alpha value is -0.500. The molecule has 2 heteroatoms. The number of hydrogen-bond acceptors (Lipinski definition) is 2. The van der Waals surface area contributed by atoms with Crippen LogP contribution in [0.4, 0.5) is 0 Å². The summed E-state index contributed by atoms with van der Waals surface area (Å²) < 4.78 is 10.4. The molecule has 0 saturated carbocycles. The standard InChI is InChI=1S/C14H28O2/c1-3-5-6-7-8-9-10-11-12-16-14-13-15-4-2/h4H,2-3,5-14H2,1H3. The van der Waals surface area contributed by atoms with E-state index in [1.807, 2.05) is 0 Å². The van der Waals surface area contributed by atoms with Crippen molar-refractivity contribution < 1.29 is 9.47 Å². The molecule has 0 aliphatic rings. The largest absolute Gasteiger partial charge is 0.499 e. The highest BCUT2D eigenvalue weighted by atomic mass is 16.5. The molecule has 0 aromatic rings. The van der Waals surface area contributed by atoms with Crippen LogP contribution in [0.3, 0.4) is 0 Å². The van der Waals surface area contributed by atoms with Crippen LogP contribution in [0.15, 0.2) is 12.8 Å². The Morgan fingerprint density at radius 3 is 2.06 bits per heavy atom. The van der Waals surface area contributed by atoms with E-state index in [0.717, 1.165) is 6.61 Å². The van der Waals surface area contributed by atoms with E-state index in [9.17, 15) is 0 Å². The van der Waals surface area contributed by atoms with Crippen LogP contribution in [0, 0.1) is 0 Å². The first kappa shape index (κ1) is 15.5. The van der Waals surface area contributed by atoms with Gasteiger partial charge in [0.2, 0.25) is 0 Å². The molecule has 0 aliphatic carbocycles. The molecule has 0 bridgehead atoms. The monoisotopic (exact) mass is 228 g/mol. The summed E-state index contributed by atoms with van der Waals surface area (Å²) in [6.07, 6.45) is 12.2. The molecule has 0 unspecified atom stereocenters. The van der Waals surface area contributed by atoms with E-state index in [1.54, 1.807) is 0 Å². The first-order chi connectivity index (χ1) is 7.91. The Morgan fingerprint density at radius 2 is 1.44 bits per heavy atom. The smallest absolute Gasteiger partial charge is 0.111 e. The van der Waals surface area contributed by atoms with E-state index < -0.39 is 0 Å². The maximum Gasteiger partial charge on any atom is 0.111 e. The zero-order chi connectivity index (χ0) is 11.9. The van der Waals surface area contributed by atoms with Gasteiger partial charge in [-0.15, -0.1) is 0 Å². The Kier molecular flexibility index (Phi) is 14.0. The van der Waals surface area contributed by atoms with E-state index in [1.165, 1.54) is 57.6 Å². The molecule has 0 spiro atoms. The second kappa shape index (κ2) is 14.5. The van der Waals surface area contributed by atoms with Crippen molar-refractivity contribution in [3.8, 4) is 0 Å². The lowest BCUT2D eigenvalue weighted by Crippen LogP contribution is -2.02. The Bertz CT molecular complexity index is 135. The van der Waals surface area contributed by atoms with Gasteiger partial charge in [0, 0.05) is 6.61 Å². The van der Waals surface area contributed by atoms with Gasteiger partial charge in [0.1, 0.15) is 6.61 Å². The highest BCUT2D eigenvalue weighted by molar-refractivity contribution is 4.48. The molecule has 0 N–H and O–H groups in total. The van der Waals surface area contributed by atoms with Crippen molar-refractivity contribution in [2.75, 3.05) is 19.8 Å². The second-order valence-electron chi connectivity index (χ2n) is 4.12. The fourth-order valence-electron chi connectivity index (χ4n) is 1.63. The third kappa shape index (κ3) is 13.5. The normalized spacial score (nSPS) is 10.3. The molecular formula is C14H28O2. The lowest BCUT2D eigenvalue weighted by molar-refractivity contribution is 0.0826. The predicted molar refractivity (Wildman–Crippen MR) is 69.6 cm³/mol. The van der Waals surface area contributed by atoms with Gasteiger partial charge in [-0.1, -0.05) is 58.4 Å². The summed E-state index contributed by atoms with van der Waals surface area (Å²) in [5, 5.41) is 0. The van der Waals surface area contributed by atoms with Gasteiger partial charge in [-0.25, -0.2) is 0 Å². The summed E-state index contributed by atoms with van der Waals surface area (Å²) in [5.74, 6) is 0. The van der Waals surface area contributed by atoms with Crippen LogP contribution in [0.1, 0.15) is 58.3 Å². The topological polar surface area (TPSA) is 18.5 Å². The fraction of sp³-hybridized carbons (Fsp3) is 0.857. The van der Waals surface area contributed by atoms with Crippen LogP contribution in [0.25, 0.3) is 0 Å². The number of rotatable bonds is 13. The molecule has 96 valence electrons. The molecule has 0 aromatic heterocycles. The van der Waals surface area contributed by atoms with Crippen molar-refractivity contribution in [3.05, 3.63) is 12.8 Å². The molecule has 0 fully saturated rings. The van der Waals surface area contributed by atoms with Crippen LogP contribution in [0.2, 0.25) is 0 Å². The first-order valence-electron chi connectivity index (χ1n) is 6.72. The Labute approximate surface area is 101 Å². The molecule has 0 saturated heterocycles. The highest BCUT2D eigenvalue weighted by Gasteiger charge is 1.92. The number of unbranched alkanes of at least 4 members (excludes halogenated alkanes) is 7. The van der Waals surface area contributed by atoms with Gasteiger partial charge in [0.05, 0.1) is 12.9 Å². The zero-order valence-corrected chi connectivity index (χ0v) is 10.9. The van der Waals surface area contributed by atoms with Crippen LogP contribution >= 0.6 is 0 Å². The Balaban J connectivity index is 2.85. The number of ether oxygens (including phenoxy) is 2. The molecule has 16 heavy (non-hydrogen) atoms. The van der Waals surface area contributed by atoms with Crippen LogP contribution in [-0.4, -0.2) is 19.8 Å². The van der Waals surface area contributed by atoms with Gasteiger partial charge in [-0.05, 0) is 6.42 Å². The van der Waals surface area contributed by atoms with Gasteiger partial charge >= 0.3 is 0 Å². The van der Waals surface area contributed by atoms with E-state index in [0.29, 0.717) is 13.2 Å². The quantitative estimate of drug-likeness (QED) is 0.345. The minimum Gasteiger partial charge on any atom is -0.499 e. The number of hydrogen-bond donors (Lipinski definition) is 0. The average Bonchev–Trinajstić information content (AvgIpc) is 2.31. The van der Waals surface area contributed by atoms with E-state index >= 15 is 0 Å². The molecule has 0 radical (unpaired) electrons. The summed E-state index contributed by atoms with van der Waals surface area (Å²) in [7, 11) is 0. The van der Waals surface area contributed by atoms with Gasteiger partial charge in [0.25, 0.3) is 0 Å². The van der Waals surface area contributed by atoms with Crippen molar-refractivity contribution in [3.63, 3.8) is 0 Å². The van der Waals surface area contributed by atoms with E-state index in [-0.39, 0.29) is 0 Å². The summed E-state index contributed by atoms with van der Waals surface area (Å²) in [6.45, 7) is 7.91. The van der Waals surface area contributed by atoms with Crippen LogP contribution in [0.5, 0.6) is 0 Å². The maximum absolute atomic E-state index is 5.41. The summed E-state index contributed by atoms with van der Waals surface area (Å²) in [4.78, 5) is 0. The first-order valence-corrected chi connectivity index (χ1v) is 6.72. The molecule has 0 atom stereocenters. The van der Waals surface area contributed by atoms with Crippen molar-refractivity contribution >= 4 is 0 Å². The van der Waals surface area contributed by atoms with Gasteiger partial charge in [-0.2, -0.15) is 0 Å². The van der Waals surface area contributed by atoms with Gasteiger partial charge in [0.15, 0.2) is 0 Å². The van der Waals surface area contributed by atoms with Crippen molar-refractivity contribution in [2.45, 2.75) is 58.3 Å². The second-order valence-corrected chi connectivity index (χ2v) is 4.12. The summed E-state index contributed by atoms with van der Waals surface area (Å²) in [5.41, 5.74) is 0. The molecule has 2 nitrogen and oxygen atoms in total. The van der Waals surface area contributed by atoms with Gasteiger partial charge < -0.3 is 9.47 Å². The third-order valence-electron chi connectivity index (χ3n) is 2.61. The van der Waals surface area contributed by atoms with Crippen molar-refractivity contribution in [2.24, 2.45) is 0 Å². The van der Waals surface area contributed by atoms with Gasteiger partial charge in [-0.3, -0.25) is 0 Å². The minimum atomic E-state index is 0.626. The summed E-state index contributed by atoms with van der Waals surface area (Å²) >= 11 is 0. The molecule has 0 rings (SSSR count). The Morgan fingerprint density at radius 1 is 0.812 bits per heavy atom. The van der Waals surface area contributed by atoms with Crippen molar-refractivity contribution in [1.29, 1.82) is 0 Å². The van der Waals surface area contributed by atoms with E-state index in [2.05, 4.69) is 13.5 Å². The SMILES string of the molecule is C=COCCOCCCCCCCCCC. The molecule has 0 amide bonds. The fourth-order valence-corrected chi connectivity index (χ4v) is 1.63. The molecular weight excluding hydrogens is 200 g/mol. The molecule has 0 aliphatic heterocycles. The third-order valence-corrected chi connectivity index (χ3v) is 2.61. The zero-order valence-electron chi connectivity index (χ0n) is 10.9. The minimum absolute atomic E-state index is 0.626. The lowest BCUT2D eigenvalue weighted by atomic mass is 10.1. The maximum atomic E-state index is 5.41. The molecule has 0 heterocycles. The average molecular weight is 228 g/mol. The van der Waals surface area contributed by atoms with Crippen LogP contribution in [-0.2, 0) is 9.47 Å². The van der Waals surface area contributed by atoms with Crippen LogP contribution < -0.4 is 0 Å². The molecule has 0 aromatic carbocycles. The highest BCUT2D eigenvalue weighted by Crippen LogP contribution is 2.08. The van der Waals surface area contributed by atoms with E-state index in [4.69, 9.17) is 9.47 Å².